The molecule has 0 bridgehead atoms. The van der Waals surface area contributed by atoms with Crippen molar-refractivity contribution in [2.45, 2.75) is 6.42 Å². The summed E-state index contributed by atoms with van der Waals surface area (Å²) in [6.45, 7) is 2.20. The third-order valence-corrected chi connectivity index (χ3v) is 3.48. The highest BCUT2D eigenvalue weighted by Crippen LogP contribution is 2.30. The average Bonchev–Trinajstić information content (AvgIpc) is 2.65. The number of nitrogen functional groups attached to an aromatic ring is 1. The number of pyridine rings is 1. The minimum Gasteiger partial charge on any atom is -0.398 e. The number of nitrogens with two attached hydrogens (primary N) is 1. The lowest BCUT2D eigenvalue weighted by Crippen LogP contribution is -2.28. The van der Waals surface area contributed by atoms with Crippen LogP contribution in [0.15, 0.2) is 30.6 Å². The Bertz CT molecular complexity index is 626. The maximum atomic E-state index is 11.4. The van der Waals surface area contributed by atoms with Crippen molar-refractivity contribution in [3.63, 3.8) is 0 Å². The molecule has 0 unspecified atom stereocenters. The smallest absolute Gasteiger partial charge is 0.221 e. The van der Waals surface area contributed by atoms with Crippen LogP contribution in [-0.4, -0.2) is 30.5 Å². The molecule has 1 aliphatic rings. The maximum Gasteiger partial charge on any atom is 0.221 e. The van der Waals surface area contributed by atoms with Gasteiger partial charge in [-0.1, -0.05) is 0 Å². The molecule has 3 N–H and O–H groups in total. The number of amides is 1. The number of fused-ring (bicyclic) bond motifs is 1. The van der Waals surface area contributed by atoms with Crippen molar-refractivity contribution < 1.29 is 4.79 Å². The molecule has 1 aliphatic heterocycles. The largest absolute Gasteiger partial charge is 0.398 e. The molecule has 2 aromatic rings. The zero-order valence-corrected chi connectivity index (χ0v) is 10.6. The van der Waals surface area contributed by atoms with Crippen LogP contribution in [0.3, 0.4) is 0 Å². The molecular weight excluding hydrogens is 240 g/mol. The molecule has 0 aliphatic carbocycles. The Morgan fingerprint density at radius 1 is 1.21 bits per heavy atom. The van der Waals surface area contributed by atoms with Gasteiger partial charge in [0.2, 0.25) is 5.91 Å². The molecule has 0 radical (unpaired) electrons. The number of anilines is 2. The lowest BCUT2D eigenvalue weighted by molar-refractivity contribution is -0.120. The molecule has 5 nitrogen and oxygen atoms in total. The van der Waals surface area contributed by atoms with Crippen LogP contribution in [0.1, 0.15) is 6.42 Å². The van der Waals surface area contributed by atoms with E-state index in [0.717, 1.165) is 35.2 Å². The molecule has 0 atom stereocenters. The van der Waals surface area contributed by atoms with Crippen LogP contribution in [0.5, 0.6) is 0 Å². The fourth-order valence-electron chi connectivity index (χ4n) is 2.48. The predicted molar refractivity (Wildman–Crippen MR) is 76.0 cm³/mol. The Morgan fingerprint density at radius 3 is 3.00 bits per heavy atom. The third-order valence-electron chi connectivity index (χ3n) is 3.48. The fraction of sp³-hybridized carbons (Fsp3) is 0.286. The minimum atomic E-state index is 0.111. The van der Waals surface area contributed by atoms with Crippen molar-refractivity contribution in [3.8, 4) is 0 Å². The summed E-state index contributed by atoms with van der Waals surface area (Å²) >= 11 is 0. The molecule has 1 aromatic heterocycles. The SMILES string of the molecule is Nc1ccc(N2CCNC(=O)CC2)c2cnccc12. The molecule has 0 spiro atoms. The van der Waals surface area contributed by atoms with E-state index in [2.05, 4.69) is 15.2 Å². The Balaban J connectivity index is 2.05. The van der Waals surface area contributed by atoms with E-state index in [1.807, 2.05) is 24.4 Å². The summed E-state index contributed by atoms with van der Waals surface area (Å²) in [5, 5.41) is 4.93. The summed E-state index contributed by atoms with van der Waals surface area (Å²) in [6, 6.07) is 5.85. The molecule has 98 valence electrons. The highest BCUT2D eigenvalue weighted by atomic mass is 16.1. The highest BCUT2D eigenvalue weighted by Gasteiger charge is 2.16. The fourth-order valence-corrected chi connectivity index (χ4v) is 2.48. The first-order chi connectivity index (χ1) is 9.25. The van der Waals surface area contributed by atoms with Gasteiger partial charge < -0.3 is 16.0 Å². The first-order valence-corrected chi connectivity index (χ1v) is 6.39. The molecule has 3 rings (SSSR count). The zero-order valence-electron chi connectivity index (χ0n) is 10.6. The highest BCUT2D eigenvalue weighted by molar-refractivity contribution is 6.01. The molecule has 2 heterocycles. The standard InChI is InChI=1S/C14H16N4O/c15-12-1-2-13(11-9-16-5-3-10(11)12)18-7-4-14(19)17-6-8-18/h1-3,5,9H,4,6-8,15H2,(H,17,19). The van der Waals surface area contributed by atoms with E-state index in [-0.39, 0.29) is 5.91 Å². The van der Waals surface area contributed by atoms with Gasteiger partial charge in [-0.25, -0.2) is 0 Å². The van der Waals surface area contributed by atoms with Crippen molar-refractivity contribution in [2.75, 3.05) is 30.3 Å². The van der Waals surface area contributed by atoms with E-state index in [0.29, 0.717) is 13.0 Å². The predicted octanol–water partition coefficient (Wildman–Crippen LogP) is 1.14. The number of hydrogen-bond donors (Lipinski definition) is 2. The summed E-state index contributed by atoms with van der Waals surface area (Å²) in [5.41, 5.74) is 7.84. The van der Waals surface area contributed by atoms with Crippen molar-refractivity contribution in [1.29, 1.82) is 0 Å². The van der Waals surface area contributed by atoms with E-state index in [1.165, 1.54) is 0 Å². The number of rotatable bonds is 1. The Kier molecular flexibility index (Phi) is 2.95. The second-order valence-corrected chi connectivity index (χ2v) is 4.68. The second-order valence-electron chi connectivity index (χ2n) is 4.68. The molecule has 5 heteroatoms. The molecule has 1 aromatic carbocycles. The van der Waals surface area contributed by atoms with Crippen LogP contribution in [0.4, 0.5) is 11.4 Å². The summed E-state index contributed by atoms with van der Waals surface area (Å²) < 4.78 is 0. The van der Waals surface area contributed by atoms with Gasteiger partial charge in [0.1, 0.15) is 0 Å². The van der Waals surface area contributed by atoms with Gasteiger partial charge in [-0.05, 0) is 18.2 Å². The van der Waals surface area contributed by atoms with Gasteiger partial charge in [-0.3, -0.25) is 9.78 Å². The van der Waals surface area contributed by atoms with Crippen LogP contribution in [0.2, 0.25) is 0 Å². The quantitative estimate of drug-likeness (QED) is 0.751. The molecule has 1 amide bonds. The van der Waals surface area contributed by atoms with Crippen LogP contribution >= 0.6 is 0 Å². The van der Waals surface area contributed by atoms with Crippen LogP contribution in [-0.2, 0) is 4.79 Å². The topological polar surface area (TPSA) is 71.2 Å². The molecular formula is C14H16N4O. The first-order valence-electron chi connectivity index (χ1n) is 6.39. The monoisotopic (exact) mass is 256 g/mol. The Morgan fingerprint density at radius 2 is 2.11 bits per heavy atom. The molecule has 1 saturated heterocycles. The van der Waals surface area contributed by atoms with E-state index < -0.39 is 0 Å². The van der Waals surface area contributed by atoms with E-state index in [9.17, 15) is 4.79 Å². The van der Waals surface area contributed by atoms with Gasteiger partial charge in [0, 0.05) is 60.6 Å². The summed E-state index contributed by atoms with van der Waals surface area (Å²) in [7, 11) is 0. The summed E-state index contributed by atoms with van der Waals surface area (Å²) in [6.07, 6.45) is 4.10. The Hall–Kier alpha value is -2.30. The van der Waals surface area contributed by atoms with Crippen molar-refractivity contribution in [2.24, 2.45) is 0 Å². The van der Waals surface area contributed by atoms with E-state index in [1.54, 1.807) is 6.20 Å². The number of carbonyl (C=O) groups excluding carboxylic acids is 1. The van der Waals surface area contributed by atoms with Gasteiger partial charge >= 0.3 is 0 Å². The number of nitrogens with zero attached hydrogens (tertiary/aromatic N) is 2. The minimum absolute atomic E-state index is 0.111. The van der Waals surface area contributed by atoms with Crippen LogP contribution in [0.25, 0.3) is 10.8 Å². The lowest BCUT2D eigenvalue weighted by atomic mass is 10.1. The normalized spacial score (nSPS) is 16.2. The molecule has 0 saturated carbocycles. The van der Waals surface area contributed by atoms with Gasteiger partial charge in [-0.2, -0.15) is 0 Å². The van der Waals surface area contributed by atoms with E-state index in [4.69, 9.17) is 5.73 Å². The third kappa shape index (κ3) is 2.19. The number of carbonyl (C=O) groups is 1. The summed E-state index contributed by atoms with van der Waals surface area (Å²) in [5.74, 6) is 0.111. The van der Waals surface area contributed by atoms with Crippen LogP contribution in [0, 0.1) is 0 Å². The van der Waals surface area contributed by atoms with E-state index >= 15 is 0 Å². The first kappa shape index (κ1) is 11.8. The van der Waals surface area contributed by atoms with Crippen LogP contribution < -0.4 is 16.0 Å². The van der Waals surface area contributed by atoms with Gasteiger partial charge in [0.25, 0.3) is 0 Å². The van der Waals surface area contributed by atoms with Gasteiger partial charge in [0.05, 0.1) is 0 Å². The second kappa shape index (κ2) is 4.76. The molecule has 19 heavy (non-hydrogen) atoms. The zero-order chi connectivity index (χ0) is 13.2. The number of nitrogens with one attached hydrogen (secondary N) is 1. The van der Waals surface area contributed by atoms with Crippen molar-refractivity contribution >= 4 is 28.1 Å². The average molecular weight is 256 g/mol. The Labute approximate surface area is 111 Å². The van der Waals surface area contributed by atoms with Crippen molar-refractivity contribution in [3.05, 3.63) is 30.6 Å². The van der Waals surface area contributed by atoms with Gasteiger partial charge in [0.15, 0.2) is 0 Å². The number of benzene rings is 1. The van der Waals surface area contributed by atoms with Crippen molar-refractivity contribution in [1.82, 2.24) is 10.3 Å². The maximum absolute atomic E-state index is 11.4. The van der Waals surface area contributed by atoms with Gasteiger partial charge in [-0.15, -0.1) is 0 Å². The molecule has 1 fully saturated rings. The summed E-state index contributed by atoms with van der Waals surface area (Å²) in [4.78, 5) is 17.8. The number of aromatic nitrogens is 1. The lowest BCUT2D eigenvalue weighted by Gasteiger charge is -2.23. The number of hydrogen-bond acceptors (Lipinski definition) is 4.